The molecule has 0 spiro atoms. The quantitative estimate of drug-likeness (QED) is 0.936. The summed E-state index contributed by atoms with van der Waals surface area (Å²) in [6, 6.07) is 9.05. The lowest BCUT2D eigenvalue weighted by Gasteiger charge is -2.39. The Labute approximate surface area is 125 Å². The van der Waals surface area contributed by atoms with Gasteiger partial charge in [0, 0.05) is 55.9 Å². The van der Waals surface area contributed by atoms with E-state index in [-0.39, 0.29) is 0 Å². The van der Waals surface area contributed by atoms with Crippen LogP contribution < -0.4 is 0 Å². The number of nitrogens with one attached hydrogen (secondary N) is 1. The summed E-state index contributed by atoms with van der Waals surface area (Å²) >= 11 is 0. The van der Waals surface area contributed by atoms with E-state index in [1.807, 2.05) is 6.20 Å². The molecule has 1 saturated carbocycles. The van der Waals surface area contributed by atoms with Crippen LogP contribution >= 0.6 is 0 Å². The van der Waals surface area contributed by atoms with Crippen molar-refractivity contribution in [3.63, 3.8) is 0 Å². The van der Waals surface area contributed by atoms with Crippen molar-refractivity contribution in [1.82, 2.24) is 14.5 Å². The molecule has 4 nitrogen and oxygen atoms in total. The molecule has 1 saturated heterocycles. The van der Waals surface area contributed by atoms with E-state index in [1.165, 1.54) is 18.5 Å². The number of hydrogen-bond acceptors (Lipinski definition) is 2. The number of H-pyrrole nitrogens is 1. The Morgan fingerprint density at radius 3 is 2.90 bits per heavy atom. The SMILES string of the molecule is c1c[nH]c(CN2CCO[C@@H]3[C@@H](Cn4cccc4)CC[C@@H]32)c1. The lowest BCUT2D eigenvalue weighted by atomic mass is 10.0. The van der Waals surface area contributed by atoms with Crippen molar-refractivity contribution in [3.8, 4) is 0 Å². The summed E-state index contributed by atoms with van der Waals surface area (Å²) in [5.41, 5.74) is 1.31. The maximum atomic E-state index is 6.15. The molecule has 4 rings (SSSR count). The largest absolute Gasteiger partial charge is 0.375 e. The zero-order valence-corrected chi connectivity index (χ0v) is 12.3. The Kier molecular flexibility index (Phi) is 3.57. The monoisotopic (exact) mass is 285 g/mol. The molecule has 112 valence electrons. The number of ether oxygens (including phenoxy) is 1. The van der Waals surface area contributed by atoms with E-state index in [2.05, 4.69) is 51.1 Å². The lowest BCUT2D eigenvalue weighted by molar-refractivity contribution is -0.0788. The molecule has 2 fully saturated rings. The fourth-order valence-corrected chi connectivity index (χ4v) is 3.98. The fourth-order valence-electron chi connectivity index (χ4n) is 3.98. The summed E-state index contributed by atoms with van der Waals surface area (Å²) in [5.74, 6) is 0.647. The van der Waals surface area contributed by atoms with Gasteiger partial charge in [-0.3, -0.25) is 4.90 Å². The first-order valence-electron chi connectivity index (χ1n) is 7.99. The molecule has 0 aromatic carbocycles. The summed E-state index contributed by atoms with van der Waals surface area (Å²) in [7, 11) is 0. The van der Waals surface area contributed by atoms with Crippen molar-refractivity contribution >= 4 is 0 Å². The van der Waals surface area contributed by atoms with Gasteiger partial charge in [-0.05, 0) is 37.1 Å². The van der Waals surface area contributed by atoms with Crippen molar-refractivity contribution in [3.05, 3.63) is 48.5 Å². The van der Waals surface area contributed by atoms with Gasteiger partial charge in [0.25, 0.3) is 0 Å². The van der Waals surface area contributed by atoms with Gasteiger partial charge in [-0.1, -0.05) is 0 Å². The van der Waals surface area contributed by atoms with E-state index >= 15 is 0 Å². The van der Waals surface area contributed by atoms with Gasteiger partial charge < -0.3 is 14.3 Å². The van der Waals surface area contributed by atoms with Crippen LogP contribution in [0.2, 0.25) is 0 Å². The highest BCUT2D eigenvalue weighted by atomic mass is 16.5. The molecule has 1 aliphatic heterocycles. The third kappa shape index (κ3) is 2.65. The minimum atomic E-state index is 0.399. The summed E-state index contributed by atoms with van der Waals surface area (Å²) in [4.78, 5) is 5.93. The van der Waals surface area contributed by atoms with Gasteiger partial charge in [0.05, 0.1) is 12.7 Å². The molecule has 3 atom stereocenters. The Hall–Kier alpha value is -1.52. The van der Waals surface area contributed by atoms with Gasteiger partial charge in [-0.25, -0.2) is 0 Å². The van der Waals surface area contributed by atoms with Gasteiger partial charge in [0.15, 0.2) is 0 Å². The highest BCUT2D eigenvalue weighted by molar-refractivity contribution is 5.05. The normalized spacial score (nSPS) is 29.6. The molecule has 1 N–H and O–H groups in total. The molecule has 2 aromatic rings. The van der Waals surface area contributed by atoms with Crippen LogP contribution in [0, 0.1) is 5.92 Å². The Morgan fingerprint density at radius 1 is 1.19 bits per heavy atom. The van der Waals surface area contributed by atoms with Gasteiger partial charge in [-0.15, -0.1) is 0 Å². The maximum Gasteiger partial charge on any atom is 0.0776 e. The average Bonchev–Trinajstić information content (AvgIpc) is 3.22. The zero-order valence-electron chi connectivity index (χ0n) is 12.3. The first-order chi connectivity index (χ1) is 10.4. The van der Waals surface area contributed by atoms with E-state index in [4.69, 9.17) is 4.74 Å². The van der Waals surface area contributed by atoms with Crippen LogP contribution in [0.1, 0.15) is 18.5 Å². The molecular formula is C17H23N3O. The van der Waals surface area contributed by atoms with E-state index in [1.54, 1.807) is 0 Å². The minimum Gasteiger partial charge on any atom is -0.375 e. The number of aromatic amines is 1. The van der Waals surface area contributed by atoms with E-state index in [0.717, 1.165) is 26.2 Å². The van der Waals surface area contributed by atoms with Crippen LogP contribution in [0.25, 0.3) is 0 Å². The fraction of sp³-hybridized carbons (Fsp3) is 0.529. The smallest absolute Gasteiger partial charge is 0.0776 e. The Bertz CT molecular complexity index is 549. The topological polar surface area (TPSA) is 33.2 Å². The van der Waals surface area contributed by atoms with Crippen LogP contribution in [-0.4, -0.2) is 39.7 Å². The average molecular weight is 285 g/mol. The van der Waals surface area contributed by atoms with Crippen LogP contribution in [-0.2, 0) is 17.8 Å². The van der Waals surface area contributed by atoms with Gasteiger partial charge in [-0.2, -0.15) is 0 Å². The standard InChI is InChI=1S/C17H23N3O/c1-2-9-19(8-1)12-14-5-6-16-17(14)21-11-10-20(16)13-15-4-3-7-18-15/h1-4,7-9,14,16-18H,5-6,10-13H2/t14-,16+,17-/m1/s1. The molecule has 0 radical (unpaired) electrons. The number of hydrogen-bond donors (Lipinski definition) is 1. The second-order valence-corrected chi connectivity index (χ2v) is 6.29. The van der Waals surface area contributed by atoms with Gasteiger partial charge >= 0.3 is 0 Å². The number of fused-ring (bicyclic) bond motifs is 1. The summed E-state index contributed by atoms with van der Waals surface area (Å²) < 4.78 is 8.44. The first kappa shape index (κ1) is 13.2. The van der Waals surface area contributed by atoms with Gasteiger partial charge in [0.1, 0.15) is 0 Å². The predicted molar refractivity (Wildman–Crippen MR) is 81.9 cm³/mol. The minimum absolute atomic E-state index is 0.399. The maximum absolute atomic E-state index is 6.15. The van der Waals surface area contributed by atoms with Crippen LogP contribution in [0.4, 0.5) is 0 Å². The number of aromatic nitrogens is 2. The first-order valence-corrected chi connectivity index (χ1v) is 7.99. The van der Waals surface area contributed by atoms with Crippen molar-refractivity contribution in [2.24, 2.45) is 5.92 Å². The van der Waals surface area contributed by atoms with Crippen LogP contribution in [0.5, 0.6) is 0 Å². The third-order valence-electron chi connectivity index (χ3n) is 4.98. The van der Waals surface area contributed by atoms with E-state index in [9.17, 15) is 0 Å². The molecular weight excluding hydrogens is 262 g/mol. The number of morpholine rings is 1. The summed E-state index contributed by atoms with van der Waals surface area (Å²) in [6.45, 7) is 4.03. The molecule has 0 unspecified atom stereocenters. The molecule has 3 heterocycles. The Balaban J connectivity index is 1.44. The number of rotatable bonds is 4. The highest BCUT2D eigenvalue weighted by Gasteiger charge is 2.42. The Morgan fingerprint density at radius 2 is 2.10 bits per heavy atom. The van der Waals surface area contributed by atoms with Crippen molar-refractivity contribution in [2.45, 2.75) is 38.1 Å². The highest BCUT2D eigenvalue weighted by Crippen LogP contribution is 2.36. The third-order valence-corrected chi connectivity index (χ3v) is 4.98. The predicted octanol–water partition coefficient (Wildman–Crippen LogP) is 2.50. The van der Waals surface area contributed by atoms with Gasteiger partial charge in [0.2, 0.25) is 0 Å². The molecule has 21 heavy (non-hydrogen) atoms. The molecule has 2 aliphatic rings. The molecule has 4 heteroatoms. The molecule has 1 aliphatic carbocycles. The lowest BCUT2D eigenvalue weighted by Crippen LogP contribution is -2.50. The van der Waals surface area contributed by atoms with Crippen molar-refractivity contribution in [2.75, 3.05) is 13.2 Å². The second-order valence-electron chi connectivity index (χ2n) is 6.29. The van der Waals surface area contributed by atoms with E-state index < -0.39 is 0 Å². The summed E-state index contributed by atoms with van der Waals surface area (Å²) in [6.07, 6.45) is 9.26. The molecule has 0 amide bonds. The van der Waals surface area contributed by atoms with Crippen molar-refractivity contribution in [1.29, 1.82) is 0 Å². The summed E-state index contributed by atoms with van der Waals surface area (Å²) in [5, 5.41) is 0. The molecule has 0 bridgehead atoms. The van der Waals surface area contributed by atoms with Crippen molar-refractivity contribution < 1.29 is 4.74 Å². The van der Waals surface area contributed by atoms with Crippen LogP contribution in [0.3, 0.4) is 0 Å². The van der Waals surface area contributed by atoms with E-state index in [0.29, 0.717) is 18.1 Å². The number of nitrogens with zero attached hydrogens (tertiary/aromatic N) is 2. The second kappa shape index (κ2) is 5.70. The zero-order chi connectivity index (χ0) is 14.1. The van der Waals surface area contributed by atoms with Crippen LogP contribution in [0.15, 0.2) is 42.9 Å². The molecule has 2 aromatic heterocycles.